The summed E-state index contributed by atoms with van der Waals surface area (Å²) in [6.45, 7) is 4.42. The van der Waals surface area contributed by atoms with Crippen LogP contribution in [0.25, 0.3) is 10.8 Å². The monoisotopic (exact) mass is 472 g/mol. The highest BCUT2D eigenvalue weighted by molar-refractivity contribution is 5.98. The van der Waals surface area contributed by atoms with Gasteiger partial charge in [-0.2, -0.15) is 0 Å². The first-order valence-corrected chi connectivity index (χ1v) is 12.7. The highest BCUT2D eigenvalue weighted by atomic mass is 16.2. The third-order valence-corrected chi connectivity index (χ3v) is 6.97. The molecular weight excluding hydrogens is 436 g/mol. The zero-order valence-electron chi connectivity index (χ0n) is 20.5. The van der Waals surface area contributed by atoms with E-state index in [0.717, 1.165) is 23.6 Å². The molecular formula is C29H36N4O2. The number of carbonyl (C=O) groups excluding carboxylic acids is 2. The maximum Gasteiger partial charge on any atom is 0.251 e. The average molecular weight is 473 g/mol. The Morgan fingerprint density at radius 2 is 1.83 bits per heavy atom. The van der Waals surface area contributed by atoms with Crippen LogP contribution in [0.5, 0.6) is 0 Å². The molecule has 0 radical (unpaired) electrons. The Labute approximate surface area is 207 Å². The van der Waals surface area contributed by atoms with Crippen molar-refractivity contribution >= 4 is 22.6 Å². The van der Waals surface area contributed by atoms with E-state index in [1.54, 1.807) is 0 Å². The van der Waals surface area contributed by atoms with E-state index in [1.807, 2.05) is 53.4 Å². The lowest BCUT2D eigenvalue weighted by Gasteiger charge is -2.28. The fourth-order valence-electron chi connectivity index (χ4n) is 4.91. The van der Waals surface area contributed by atoms with Crippen molar-refractivity contribution in [1.29, 1.82) is 0 Å². The molecule has 1 aliphatic rings. The molecule has 1 saturated heterocycles. The minimum atomic E-state index is -0.335. The van der Waals surface area contributed by atoms with E-state index in [0.29, 0.717) is 44.1 Å². The van der Waals surface area contributed by atoms with Gasteiger partial charge in [0.15, 0.2) is 0 Å². The van der Waals surface area contributed by atoms with Gasteiger partial charge in [0.05, 0.1) is 6.04 Å². The van der Waals surface area contributed by atoms with E-state index in [2.05, 4.69) is 41.8 Å². The van der Waals surface area contributed by atoms with Gasteiger partial charge in [-0.1, -0.05) is 67.6 Å². The maximum absolute atomic E-state index is 13.4. The Morgan fingerprint density at radius 1 is 1.09 bits per heavy atom. The summed E-state index contributed by atoms with van der Waals surface area (Å²) in [5.74, 6) is 0.298. The summed E-state index contributed by atoms with van der Waals surface area (Å²) in [7, 11) is 0. The zero-order chi connectivity index (χ0) is 24.6. The van der Waals surface area contributed by atoms with Crippen LogP contribution in [0.1, 0.15) is 48.0 Å². The summed E-state index contributed by atoms with van der Waals surface area (Å²) in [6, 6.07) is 23.8. The zero-order valence-corrected chi connectivity index (χ0v) is 20.5. The molecule has 0 bridgehead atoms. The number of carbonyl (C=O) groups is 2. The molecule has 3 aromatic rings. The molecule has 3 atom stereocenters. The molecule has 0 spiro atoms. The first-order valence-electron chi connectivity index (χ1n) is 12.7. The van der Waals surface area contributed by atoms with Crippen molar-refractivity contribution in [3.8, 4) is 0 Å². The lowest BCUT2D eigenvalue weighted by atomic mass is 9.95. The van der Waals surface area contributed by atoms with Crippen LogP contribution < -0.4 is 16.4 Å². The molecule has 0 aromatic heterocycles. The number of nitrogens with one attached hydrogen (secondary N) is 2. The van der Waals surface area contributed by atoms with Crippen LogP contribution in [0, 0.1) is 0 Å². The smallest absolute Gasteiger partial charge is 0.251 e. The summed E-state index contributed by atoms with van der Waals surface area (Å²) < 4.78 is 0. The first-order chi connectivity index (χ1) is 17.1. The number of fused-ring (bicyclic) bond motifs is 1. The number of amides is 2. The van der Waals surface area contributed by atoms with Crippen molar-refractivity contribution in [3.05, 3.63) is 83.9 Å². The number of rotatable bonds is 9. The van der Waals surface area contributed by atoms with Gasteiger partial charge >= 0.3 is 0 Å². The molecule has 2 amide bonds. The highest BCUT2D eigenvalue weighted by Gasteiger charge is 2.31. The molecule has 0 aliphatic carbocycles. The first kappa shape index (κ1) is 24.9. The number of nitrogens with zero attached hydrogens (tertiary/aromatic N) is 1. The van der Waals surface area contributed by atoms with E-state index in [4.69, 9.17) is 5.73 Å². The van der Waals surface area contributed by atoms with Crippen LogP contribution in [0.15, 0.2) is 72.8 Å². The summed E-state index contributed by atoms with van der Waals surface area (Å²) >= 11 is 0. The van der Waals surface area contributed by atoms with Crippen LogP contribution in [0.3, 0.4) is 0 Å². The van der Waals surface area contributed by atoms with E-state index in [-0.39, 0.29) is 23.9 Å². The van der Waals surface area contributed by atoms with Crippen LogP contribution in [0.2, 0.25) is 0 Å². The third-order valence-electron chi connectivity index (χ3n) is 6.97. The van der Waals surface area contributed by atoms with Crippen molar-refractivity contribution in [2.45, 2.75) is 44.2 Å². The molecule has 4 N–H and O–H groups in total. The van der Waals surface area contributed by atoms with Crippen molar-refractivity contribution in [3.63, 3.8) is 0 Å². The summed E-state index contributed by atoms with van der Waals surface area (Å²) in [5.41, 5.74) is 7.74. The Hall–Kier alpha value is -3.22. The fraction of sp³-hybridized carbons (Fsp3) is 0.379. The predicted octanol–water partition coefficient (Wildman–Crippen LogP) is 3.67. The Morgan fingerprint density at radius 3 is 2.57 bits per heavy atom. The summed E-state index contributed by atoms with van der Waals surface area (Å²) in [5, 5.41) is 8.70. The van der Waals surface area contributed by atoms with Gasteiger partial charge in [0.2, 0.25) is 5.91 Å². The number of hydrogen-bond acceptors (Lipinski definition) is 4. The summed E-state index contributed by atoms with van der Waals surface area (Å²) in [6.07, 6.45) is 2.32. The molecule has 184 valence electrons. The van der Waals surface area contributed by atoms with Gasteiger partial charge in [-0.25, -0.2) is 0 Å². The highest BCUT2D eigenvalue weighted by Crippen LogP contribution is 2.22. The Balaban J connectivity index is 1.40. The second-order valence-electron chi connectivity index (χ2n) is 9.35. The molecule has 1 aliphatic heterocycles. The van der Waals surface area contributed by atoms with Gasteiger partial charge in [0, 0.05) is 37.2 Å². The minimum Gasteiger partial charge on any atom is -0.350 e. The van der Waals surface area contributed by atoms with Crippen LogP contribution in [-0.4, -0.2) is 55.0 Å². The van der Waals surface area contributed by atoms with E-state index < -0.39 is 0 Å². The van der Waals surface area contributed by atoms with Gasteiger partial charge in [0.1, 0.15) is 0 Å². The van der Waals surface area contributed by atoms with Crippen molar-refractivity contribution < 1.29 is 9.59 Å². The van der Waals surface area contributed by atoms with Gasteiger partial charge < -0.3 is 21.3 Å². The second-order valence-corrected chi connectivity index (χ2v) is 9.35. The molecule has 4 rings (SSSR count). The van der Waals surface area contributed by atoms with Crippen molar-refractivity contribution in [1.82, 2.24) is 15.5 Å². The second kappa shape index (κ2) is 12.0. The minimum absolute atomic E-state index is 0.00158. The number of hydrogen-bond donors (Lipinski definition) is 3. The largest absolute Gasteiger partial charge is 0.350 e. The third kappa shape index (κ3) is 6.27. The molecule has 6 heteroatoms. The molecule has 6 nitrogen and oxygen atoms in total. The fourth-order valence-corrected chi connectivity index (χ4v) is 4.91. The van der Waals surface area contributed by atoms with E-state index >= 15 is 0 Å². The van der Waals surface area contributed by atoms with Crippen LogP contribution in [-0.2, 0) is 4.79 Å². The lowest BCUT2D eigenvalue weighted by Crippen LogP contribution is -2.49. The van der Waals surface area contributed by atoms with E-state index in [1.165, 1.54) is 5.56 Å². The topological polar surface area (TPSA) is 87.5 Å². The predicted molar refractivity (Wildman–Crippen MR) is 141 cm³/mol. The molecule has 0 saturated carbocycles. The molecule has 35 heavy (non-hydrogen) atoms. The van der Waals surface area contributed by atoms with Crippen molar-refractivity contribution in [2.24, 2.45) is 5.73 Å². The number of nitrogens with two attached hydrogens (primary N) is 1. The maximum atomic E-state index is 13.4. The summed E-state index contributed by atoms with van der Waals surface area (Å²) in [4.78, 5) is 28.2. The van der Waals surface area contributed by atoms with Crippen LogP contribution >= 0.6 is 0 Å². The standard InChI is InChI=1S/C29H36N4O2/c1-2-21(22-8-4-3-5-9-22)20-33-17-15-26(32-27(14-16-30)29(33)35)19-31-28(34)25-13-12-23-10-6-7-11-24(23)18-25/h3-13,18,21,26-27,32H,2,14-17,19-20,30H2,1H3,(H,31,34)/t21-,26-,27-/m1/s1. The van der Waals surface area contributed by atoms with Crippen molar-refractivity contribution in [2.75, 3.05) is 26.2 Å². The van der Waals surface area contributed by atoms with Gasteiger partial charge in [-0.05, 0) is 54.3 Å². The SMILES string of the molecule is CC[C@H](CN1CC[C@H](CNC(=O)c2ccc3ccccc3c2)N[C@H](CCN)C1=O)c1ccccc1. The van der Waals surface area contributed by atoms with Gasteiger partial charge in [-0.15, -0.1) is 0 Å². The quantitative estimate of drug-likeness (QED) is 0.443. The molecule has 1 fully saturated rings. The number of benzene rings is 3. The van der Waals surface area contributed by atoms with Gasteiger partial charge in [0.25, 0.3) is 5.91 Å². The Kier molecular flexibility index (Phi) is 8.50. The molecule has 3 aromatic carbocycles. The average Bonchev–Trinajstić information content (AvgIpc) is 3.04. The molecule has 0 unspecified atom stereocenters. The molecule has 1 heterocycles. The van der Waals surface area contributed by atoms with E-state index in [9.17, 15) is 9.59 Å². The lowest BCUT2D eigenvalue weighted by molar-refractivity contribution is -0.133. The van der Waals surface area contributed by atoms with Gasteiger partial charge in [-0.3, -0.25) is 9.59 Å². The van der Waals surface area contributed by atoms with Crippen LogP contribution in [0.4, 0.5) is 0 Å². The Bertz CT molecular complexity index is 1130. The normalized spacial score (nSPS) is 19.4.